The smallest absolute Gasteiger partial charge is 0.178 e. The lowest BCUT2D eigenvalue weighted by Gasteiger charge is -2.32. The van der Waals surface area contributed by atoms with E-state index in [1.165, 1.54) is 19.3 Å². The van der Waals surface area contributed by atoms with E-state index in [9.17, 15) is 4.79 Å². The summed E-state index contributed by atoms with van der Waals surface area (Å²) in [5.74, 6) is 0.268. The lowest BCUT2D eigenvalue weighted by molar-refractivity contribution is 0.0859. The highest BCUT2D eigenvalue weighted by molar-refractivity contribution is 5.99. The third kappa shape index (κ3) is 2.51. The summed E-state index contributed by atoms with van der Waals surface area (Å²) >= 11 is 0. The molecule has 1 fully saturated rings. The molecule has 1 unspecified atom stereocenters. The zero-order valence-corrected chi connectivity index (χ0v) is 12.0. The maximum Gasteiger partial charge on any atom is 0.178 e. The molecule has 1 aromatic heterocycles. The van der Waals surface area contributed by atoms with Crippen molar-refractivity contribution in [3.8, 4) is 0 Å². The minimum absolute atomic E-state index is 0.268. The summed E-state index contributed by atoms with van der Waals surface area (Å²) in [6.45, 7) is 7.95. The molecular formula is C15H24N2O. The largest absolute Gasteiger partial charge is 0.351 e. The van der Waals surface area contributed by atoms with E-state index in [0.717, 1.165) is 23.5 Å². The molecule has 0 spiro atoms. The number of aryl methyl sites for hydroxylation is 1. The number of carbonyl (C=O) groups is 1. The number of aromatic nitrogens is 1. The first kappa shape index (κ1) is 13.3. The van der Waals surface area contributed by atoms with E-state index in [-0.39, 0.29) is 5.78 Å². The predicted octanol–water partition coefficient (Wildman–Crippen LogP) is 2.70. The number of likely N-dealkylation sites (tertiary alicyclic amines) is 1. The van der Waals surface area contributed by atoms with Crippen LogP contribution in [0.1, 0.15) is 47.9 Å². The maximum atomic E-state index is 12.4. The van der Waals surface area contributed by atoms with E-state index in [4.69, 9.17) is 0 Å². The fraction of sp³-hybridized carbons (Fsp3) is 0.667. The standard InChI is InChI=1S/C15H24N2O/c1-11-7-5-6-8-17(11)10-15(18)14-9-12(2)16(4)13(14)3/h9,11H,5-8,10H2,1-4H3. The van der Waals surface area contributed by atoms with Crippen molar-refractivity contribution in [3.63, 3.8) is 0 Å². The lowest BCUT2D eigenvalue weighted by Crippen LogP contribution is -2.40. The summed E-state index contributed by atoms with van der Waals surface area (Å²) in [7, 11) is 2.02. The third-order valence-electron chi connectivity index (χ3n) is 4.36. The van der Waals surface area contributed by atoms with Gasteiger partial charge in [0.2, 0.25) is 0 Å². The van der Waals surface area contributed by atoms with Crippen molar-refractivity contribution in [2.45, 2.75) is 46.1 Å². The quantitative estimate of drug-likeness (QED) is 0.768. The summed E-state index contributed by atoms with van der Waals surface area (Å²) < 4.78 is 2.09. The molecule has 1 aliphatic rings. The Bertz CT molecular complexity index is 448. The van der Waals surface area contributed by atoms with Crippen LogP contribution in [0.5, 0.6) is 0 Å². The first-order valence-corrected chi connectivity index (χ1v) is 6.91. The summed E-state index contributed by atoms with van der Waals surface area (Å²) in [6, 6.07) is 2.57. The number of hydrogen-bond acceptors (Lipinski definition) is 2. The molecule has 1 atom stereocenters. The molecule has 1 saturated heterocycles. The van der Waals surface area contributed by atoms with Crippen LogP contribution in [-0.2, 0) is 7.05 Å². The Morgan fingerprint density at radius 3 is 2.67 bits per heavy atom. The van der Waals surface area contributed by atoms with Gasteiger partial charge in [0.1, 0.15) is 0 Å². The molecule has 0 radical (unpaired) electrons. The Hall–Kier alpha value is -1.09. The maximum absolute atomic E-state index is 12.4. The van der Waals surface area contributed by atoms with E-state index in [1.807, 2.05) is 27.0 Å². The van der Waals surface area contributed by atoms with Crippen LogP contribution in [0.25, 0.3) is 0 Å². The summed E-state index contributed by atoms with van der Waals surface area (Å²) in [4.78, 5) is 14.7. The van der Waals surface area contributed by atoms with Crippen molar-refractivity contribution in [2.75, 3.05) is 13.1 Å². The van der Waals surface area contributed by atoms with Crippen LogP contribution in [0.4, 0.5) is 0 Å². The van der Waals surface area contributed by atoms with Crippen molar-refractivity contribution in [2.24, 2.45) is 7.05 Å². The average Bonchev–Trinajstić information content (AvgIpc) is 2.60. The van der Waals surface area contributed by atoms with Gasteiger partial charge in [-0.2, -0.15) is 0 Å². The molecule has 0 saturated carbocycles. The summed E-state index contributed by atoms with van der Waals surface area (Å²) in [6.07, 6.45) is 3.75. The van der Waals surface area contributed by atoms with Gasteiger partial charge in [0, 0.05) is 30.0 Å². The molecule has 0 N–H and O–H groups in total. The van der Waals surface area contributed by atoms with E-state index >= 15 is 0 Å². The zero-order chi connectivity index (χ0) is 13.3. The number of nitrogens with zero attached hydrogens (tertiary/aromatic N) is 2. The van der Waals surface area contributed by atoms with Crippen molar-refractivity contribution in [1.82, 2.24) is 9.47 Å². The lowest BCUT2D eigenvalue weighted by atomic mass is 10.0. The highest BCUT2D eigenvalue weighted by Gasteiger charge is 2.22. The van der Waals surface area contributed by atoms with Crippen molar-refractivity contribution >= 4 is 5.78 Å². The highest BCUT2D eigenvalue weighted by Crippen LogP contribution is 2.19. The fourth-order valence-electron chi connectivity index (χ4n) is 2.80. The number of ketones is 1. The van der Waals surface area contributed by atoms with Crippen LogP contribution in [0.2, 0.25) is 0 Å². The molecule has 3 heteroatoms. The van der Waals surface area contributed by atoms with Gasteiger partial charge < -0.3 is 4.57 Å². The Morgan fingerprint density at radius 2 is 2.11 bits per heavy atom. The van der Waals surface area contributed by atoms with Gasteiger partial charge in [-0.15, -0.1) is 0 Å². The number of Topliss-reactive ketones (excluding diaryl/α,β-unsaturated/α-hetero) is 1. The molecule has 2 rings (SSSR count). The second-order valence-electron chi connectivity index (χ2n) is 5.58. The average molecular weight is 248 g/mol. The first-order chi connectivity index (χ1) is 8.50. The normalized spacial score (nSPS) is 21.2. The molecule has 3 nitrogen and oxygen atoms in total. The van der Waals surface area contributed by atoms with Gasteiger partial charge in [0.25, 0.3) is 0 Å². The first-order valence-electron chi connectivity index (χ1n) is 6.91. The van der Waals surface area contributed by atoms with E-state index in [1.54, 1.807) is 0 Å². The van der Waals surface area contributed by atoms with Crippen LogP contribution in [0, 0.1) is 13.8 Å². The summed E-state index contributed by atoms with van der Waals surface area (Å²) in [5, 5.41) is 0. The Labute approximate surface area is 110 Å². The predicted molar refractivity (Wildman–Crippen MR) is 74.1 cm³/mol. The molecule has 1 aromatic rings. The number of carbonyl (C=O) groups excluding carboxylic acids is 1. The molecule has 0 aliphatic carbocycles. The van der Waals surface area contributed by atoms with Gasteiger partial charge in [-0.25, -0.2) is 0 Å². The second kappa shape index (κ2) is 5.27. The third-order valence-corrected chi connectivity index (χ3v) is 4.36. The monoisotopic (exact) mass is 248 g/mol. The Morgan fingerprint density at radius 1 is 1.39 bits per heavy atom. The number of rotatable bonds is 3. The molecule has 0 bridgehead atoms. The topological polar surface area (TPSA) is 25.2 Å². The van der Waals surface area contributed by atoms with E-state index < -0.39 is 0 Å². The van der Waals surface area contributed by atoms with Gasteiger partial charge >= 0.3 is 0 Å². The molecule has 1 aliphatic heterocycles. The number of piperidine rings is 1. The molecule has 100 valence electrons. The molecule has 2 heterocycles. The van der Waals surface area contributed by atoms with Gasteiger partial charge in [-0.1, -0.05) is 6.42 Å². The van der Waals surface area contributed by atoms with Crippen LogP contribution >= 0.6 is 0 Å². The van der Waals surface area contributed by atoms with Gasteiger partial charge in [-0.05, 0) is 46.2 Å². The van der Waals surface area contributed by atoms with Gasteiger partial charge in [0.15, 0.2) is 5.78 Å². The SMILES string of the molecule is Cc1cc(C(=O)CN2CCCCC2C)c(C)n1C. The molecule has 0 aromatic carbocycles. The van der Waals surface area contributed by atoms with Gasteiger partial charge in [0.05, 0.1) is 6.54 Å². The van der Waals surface area contributed by atoms with Crippen LogP contribution < -0.4 is 0 Å². The van der Waals surface area contributed by atoms with Crippen LogP contribution in [0.3, 0.4) is 0 Å². The highest BCUT2D eigenvalue weighted by atomic mass is 16.1. The van der Waals surface area contributed by atoms with Gasteiger partial charge in [-0.3, -0.25) is 9.69 Å². The Kier molecular flexibility index (Phi) is 3.91. The molecular weight excluding hydrogens is 224 g/mol. The minimum Gasteiger partial charge on any atom is -0.351 e. The van der Waals surface area contributed by atoms with Crippen molar-refractivity contribution < 1.29 is 4.79 Å². The van der Waals surface area contributed by atoms with Crippen LogP contribution in [0.15, 0.2) is 6.07 Å². The Balaban J connectivity index is 2.09. The molecule has 0 amide bonds. The number of hydrogen-bond donors (Lipinski definition) is 0. The van der Waals surface area contributed by atoms with Crippen molar-refractivity contribution in [3.05, 3.63) is 23.0 Å². The van der Waals surface area contributed by atoms with Crippen molar-refractivity contribution in [1.29, 1.82) is 0 Å². The fourth-order valence-corrected chi connectivity index (χ4v) is 2.80. The van der Waals surface area contributed by atoms with Crippen LogP contribution in [-0.4, -0.2) is 34.4 Å². The van der Waals surface area contributed by atoms with E-state index in [2.05, 4.69) is 16.4 Å². The molecule has 18 heavy (non-hydrogen) atoms. The van der Waals surface area contributed by atoms with E-state index in [0.29, 0.717) is 12.6 Å². The minimum atomic E-state index is 0.268. The summed E-state index contributed by atoms with van der Waals surface area (Å²) in [5.41, 5.74) is 3.14. The second-order valence-corrected chi connectivity index (χ2v) is 5.58. The zero-order valence-electron chi connectivity index (χ0n) is 12.0.